The minimum Gasteiger partial charge on any atom is -0.508 e. The van der Waals surface area contributed by atoms with Gasteiger partial charge in [-0.05, 0) is 84.4 Å². The van der Waals surface area contributed by atoms with Crippen LogP contribution in [0.15, 0.2) is 42.5 Å². The summed E-state index contributed by atoms with van der Waals surface area (Å²) in [7, 11) is 0. The van der Waals surface area contributed by atoms with E-state index in [4.69, 9.17) is 4.74 Å². The molecule has 8 nitrogen and oxygen atoms in total. The summed E-state index contributed by atoms with van der Waals surface area (Å²) in [5, 5.41) is 16.7. The fourth-order valence-electron chi connectivity index (χ4n) is 4.58. The van der Waals surface area contributed by atoms with Crippen LogP contribution in [0.1, 0.15) is 91.0 Å². The van der Waals surface area contributed by atoms with Crippen LogP contribution in [0, 0.1) is 19.8 Å². The predicted molar refractivity (Wildman–Crippen MR) is 159 cm³/mol. The molecule has 8 heteroatoms. The van der Waals surface area contributed by atoms with Gasteiger partial charge in [-0.1, -0.05) is 57.2 Å². The number of phenolic OH excluding ortho intramolecular Hbond substituents is 1. The van der Waals surface area contributed by atoms with E-state index in [0.717, 1.165) is 11.1 Å². The number of phenols is 1. The Morgan fingerprint density at radius 2 is 1.52 bits per heavy atom. The Balaban J connectivity index is 2.70. The average Bonchev–Trinajstić information content (AvgIpc) is 2.83. The molecule has 0 aliphatic carbocycles. The first-order chi connectivity index (χ1) is 18.5. The van der Waals surface area contributed by atoms with Crippen LogP contribution in [0.25, 0.3) is 0 Å². The minimum atomic E-state index is -1.18. The molecule has 0 saturated carbocycles. The SMILES string of the molecule is CCC(C)(C)N(C(=O)C(CC(C)C)NC(=O)OC(C)(C)C)C(C(=O)Nc1c(C)cccc1C)c1ccccc1O. The second-order valence-corrected chi connectivity index (χ2v) is 12.4. The van der Waals surface area contributed by atoms with E-state index < -0.39 is 41.1 Å². The van der Waals surface area contributed by atoms with E-state index in [1.54, 1.807) is 39.0 Å². The van der Waals surface area contributed by atoms with Crippen molar-refractivity contribution < 1.29 is 24.2 Å². The van der Waals surface area contributed by atoms with Gasteiger partial charge in [-0.15, -0.1) is 0 Å². The van der Waals surface area contributed by atoms with Gasteiger partial charge in [0.15, 0.2) is 0 Å². The summed E-state index contributed by atoms with van der Waals surface area (Å²) in [4.78, 5) is 43.0. The molecule has 0 radical (unpaired) electrons. The van der Waals surface area contributed by atoms with Gasteiger partial charge < -0.3 is 25.4 Å². The number of para-hydroxylation sites is 2. The van der Waals surface area contributed by atoms with Crippen molar-refractivity contribution in [2.24, 2.45) is 5.92 Å². The van der Waals surface area contributed by atoms with Crippen LogP contribution in [-0.2, 0) is 14.3 Å². The molecule has 0 saturated heterocycles. The molecule has 220 valence electrons. The second-order valence-electron chi connectivity index (χ2n) is 12.4. The Hall–Kier alpha value is -3.55. The highest BCUT2D eigenvalue weighted by atomic mass is 16.6. The second kappa shape index (κ2) is 13.2. The summed E-state index contributed by atoms with van der Waals surface area (Å²) in [5.41, 5.74) is 1.12. The standard InChI is InChI=1S/C32H47N3O5/c1-11-32(9,10)35(29(38)24(19-20(2)3)33-30(39)40-31(6,7)8)27(23-17-12-13-18-25(23)36)28(37)34-26-21(4)15-14-16-22(26)5/h12-18,20,24,27,36H,11,19H2,1-10H3,(H,33,39)(H,34,37). The van der Waals surface area contributed by atoms with Gasteiger partial charge in [0, 0.05) is 16.8 Å². The highest BCUT2D eigenvalue weighted by Gasteiger charge is 2.44. The van der Waals surface area contributed by atoms with Crippen molar-refractivity contribution in [1.29, 1.82) is 0 Å². The molecule has 0 fully saturated rings. The van der Waals surface area contributed by atoms with Crippen molar-refractivity contribution >= 4 is 23.6 Å². The smallest absolute Gasteiger partial charge is 0.408 e. The van der Waals surface area contributed by atoms with E-state index in [0.29, 0.717) is 24.1 Å². The van der Waals surface area contributed by atoms with Gasteiger partial charge in [-0.3, -0.25) is 9.59 Å². The number of hydrogen-bond acceptors (Lipinski definition) is 5. The van der Waals surface area contributed by atoms with Crippen LogP contribution in [0.3, 0.4) is 0 Å². The van der Waals surface area contributed by atoms with Crippen LogP contribution < -0.4 is 10.6 Å². The van der Waals surface area contributed by atoms with Crippen LogP contribution in [0.4, 0.5) is 10.5 Å². The lowest BCUT2D eigenvalue weighted by Crippen LogP contribution is -2.59. The molecule has 0 aliphatic heterocycles. The molecule has 40 heavy (non-hydrogen) atoms. The van der Waals surface area contributed by atoms with Crippen LogP contribution in [0.2, 0.25) is 0 Å². The van der Waals surface area contributed by atoms with Gasteiger partial charge in [0.2, 0.25) is 5.91 Å². The number of nitrogens with zero attached hydrogens (tertiary/aromatic N) is 1. The molecule has 2 rings (SSSR count). The van der Waals surface area contributed by atoms with E-state index >= 15 is 0 Å². The lowest BCUT2D eigenvalue weighted by atomic mass is 9.90. The average molecular weight is 554 g/mol. The number of carbonyl (C=O) groups excluding carboxylic acids is 3. The van der Waals surface area contributed by atoms with E-state index in [1.807, 2.05) is 66.7 Å². The number of hydrogen-bond donors (Lipinski definition) is 3. The van der Waals surface area contributed by atoms with Crippen molar-refractivity contribution in [3.63, 3.8) is 0 Å². The van der Waals surface area contributed by atoms with Gasteiger partial charge >= 0.3 is 6.09 Å². The van der Waals surface area contributed by atoms with E-state index in [9.17, 15) is 19.5 Å². The molecule has 2 aromatic rings. The quantitative estimate of drug-likeness (QED) is 0.305. The zero-order valence-corrected chi connectivity index (χ0v) is 25.7. The highest BCUT2D eigenvalue weighted by Crippen LogP contribution is 2.37. The Kier molecular flexibility index (Phi) is 10.8. The first kappa shape index (κ1) is 32.7. The fraction of sp³-hybridized carbons (Fsp3) is 0.531. The van der Waals surface area contributed by atoms with Crippen molar-refractivity contribution in [1.82, 2.24) is 10.2 Å². The third-order valence-electron chi connectivity index (χ3n) is 6.92. The molecule has 2 aromatic carbocycles. The number of anilines is 1. The number of amides is 3. The molecular weight excluding hydrogens is 506 g/mol. The zero-order valence-electron chi connectivity index (χ0n) is 25.7. The van der Waals surface area contributed by atoms with E-state index in [1.165, 1.54) is 11.0 Å². The van der Waals surface area contributed by atoms with Crippen molar-refractivity contribution in [3.8, 4) is 5.75 Å². The number of benzene rings is 2. The number of aromatic hydroxyl groups is 1. The molecule has 3 amide bonds. The van der Waals surface area contributed by atoms with Gasteiger partial charge in [-0.2, -0.15) is 0 Å². The first-order valence-electron chi connectivity index (χ1n) is 14.0. The number of carbonyl (C=O) groups is 3. The topological polar surface area (TPSA) is 108 Å². The van der Waals surface area contributed by atoms with Crippen molar-refractivity contribution in [2.75, 3.05) is 5.32 Å². The molecule has 0 spiro atoms. The summed E-state index contributed by atoms with van der Waals surface area (Å²) in [5.74, 6) is -0.942. The summed E-state index contributed by atoms with van der Waals surface area (Å²) >= 11 is 0. The summed E-state index contributed by atoms with van der Waals surface area (Å²) in [6.45, 7) is 18.7. The first-order valence-corrected chi connectivity index (χ1v) is 14.0. The zero-order chi connectivity index (χ0) is 30.4. The number of ether oxygens (including phenoxy) is 1. The maximum absolute atomic E-state index is 14.5. The predicted octanol–water partition coefficient (Wildman–Crippen LogP) is 6.65. The third-order valence-corrected chi connectivity index (χ3v) is 6.92. The van der Waals surface area contributed by atoms with E-state index in [2.05, 4.69) is 10.6 Å². The van der Waals surface area contributed by atoms with Crippen LogP contribution in [0.5, 0.6) is 5.75 Å². The van der Waals surface area contributed by atoms with Gasteiger partial charge in [0.05, 0.1) is 0 Å². The van der Waals surface area contributed by atoms with Gasteiger partial charge in [0.1, 0.15) is 23.4 Å². The molecule has 0 aliphatic rings. The van der Waals surface area contributed by atoms with Crippen molar-refractivity contribution in [3.05, 3.63) is 59.2 Å². The Morgan fingerprint density at radius 3 is 2.02 bits per heavy atom. The maximum atomic E-state index is 14.5. The Morgan fingerprint density at radius 1 is 0.950 bits per heavy atom. The van der Waals surface area contributed by atoms with Crippen LogP contribution >= 0.6 is 0 Å². The maximum Gasteiger partial charge on any atom is 0.408 e. The molecule has 3 N–H and O–H groups in total. The normalized spacial score (nSPS) is 13.4. The largest absolute Gasteiger partial charge is 0.508 e. The number of aryl methyl sites for hydroxylation is 2. The Labute approximate surface area is 239 Å². The summed E-state index contributed by atoms with van der Waals surface area (Å²) in [6.07, 6.45) is 0.139. The molecule has 2 unspecified atom stereocenters. The monoisotopic (exact) mass is 553 g/mol. The lowest BCUT2D eigenvalue weighted by molar-refractivity contribution is -0.148. The number of nitrogens with one attached hydrogen (secondary N) is 2. The van der Waals surface area contributed by atoms with Crippen molar-refractivity contribution in [2.45, 2.75) is 105 Å². The lowest BCUT2D eigenvalue weighted by Gasteiger charge is -2.45. The minimum absolute atomic E-state index is 0.0579. The molecular formula is C32H47N3O5. The molecule has 0 bridgehead atoms. The van der Waals surface area contributed by atoms with E-state index in [-0.39, 0.29) is 11.7 Å². The molecule has 0 heterocycles. The number of rotatable bonds is 10. The number of alkyl carbamates (subject to hydrolysis) is 1. The summed E-state index contributed by atoms with van der Waals surface area (Å²) in [6, 6.07) is 10.1. The van der Waals surface area contributed by atoms with Gasteiger partial charge in [-0.25, -0.2) is 4.79 Å². The molecule has 0 aromatic heterocycles. The fourth-order valence-corrected chi connectivity index (χ4v) is 4.58. The third kappa shape index (κ3) is 8.47. The molecule has 2 atom stereocenters. The highest BCUT2D eigenvalue weighted by molar-refractivity contribution is 6.00. The van der Waals surface area contributed by atoms with Crippen LogP contribution in [-0.4, -0.2) is 45.1 Å². The summed E-state index contributed by atoms with van der Waals surface area (Å²) < 4.78 is 5.47. The Bertz CT molecular complexity index is 1180. The van der Waals surface area contributed by atoms with Gasteiger partial charge in [0.25, 0.3) is 5.91 Å².